The van der Waals surface area contributed by atoms with Crippen LogP contribution in [0.1, 0.15) is 19.3 Å². The third kappa shape index (κ3) is 3.85. The molecule has 0 aromatic heterocycles. The highest BCUT2D eigenvalue weighted by molar-refractivity contribution is 6.02. The molecular weight excluding hydrogens is 344 g/mol. The maximum Gasteiger partial charge on any atom is 0.328 e. The molecule has 0 unspecified atom stereocenters. The summed E-state index contributed by atoms with van der Waals surface area (Å²) in [5.41, 5.74) is 11.1. The smallest absolute Gasteiger partial charge is 0.328 e. The predicted molar refractivity (Wildman–Crippen MR) is 96.5 cm³/mol. The zero-order chi connectivity index (χ0) is 17.2. The molecule has 0 saturated heterocycles. The minimum Gasteiger partial charge on any atom is -0.426 e. The number of anilines is 2. The fraction of sp³-hybridized carbons (Fsp3) is 0.222. The first kappa shape index (κ1) is 18.6. The van der Waals surface area contributed by atoms with Gasteiger partial charge in [0.15, 0.2) is 5.41 Å². The van der Waals surface area contributed by atoms with Crippen molar-refractivity contribution in [1.29, 1.82) is 0 Å². The van der Waals surface area contributed by atoms with E-state index in [-0.39, 0.29) is 12.4 Å². The van der Waals surface area contributed by atoms with Crippen LogP contribution in [0.3, 0.4) is 0 Å². The van der Waals surface area contributed by atoms with Gasteiger partial charge in [-0.1, -0.05) is 0 Å². The lowest BCUT2D eigenvalue weighted by molar-refractivity contribution is -0.167. The molecule has 1 aliphatic rings. The fourth-order valence-electron chi connectivity index (χ4n) is 2.50. The van der Waals surface area contributed by atoms with Crippen molar-refractivity contribution < 1.29 is 19.1 Å². The fourth-order valence-corrected chi connectivity index (χ4v) is 2.50. The first-order valence-corrected chi connectivity index (χ1v) is 7.65. The van der Waals surface area contributed by atoms with Crippen LogP contribution in [0.15, 0.2) is 48.5 Å². The van der Waals surface area contributed by atoms with E-state index in [2.05, 4.69) is 0 Å². The van der Waals surface area contributed by atoms with Crippen molar-refractivity contribution in [2.45, 2.75) is 19.3 Å². The number of carbonyl (C=O) groups is 2. The van der Waals surface area contributed by atoms with Gasteiger partial charge in [0.2, 0.25) is 0 Å². The Bertz CT molecular complexity index is 694. The molecule has 25 heavy (non-hydrogen) atoms. The van der Waals surface area contributed by atoms with E-state index in [9.17, 15) is 9.59 Å². The zero-order valence-electron chi connectivity index (χ0n) is 13.4. The first-order chi connectivity index (χ1) is 11.5. The monoisotopic (exact) mass is 362 g/mol. The van der Waals surface area contributed by atoms with Crippen molar-refractivity contribution in [3.05, 3.63) is 48.5 Å². The quantitative estimate of drug-likeness (QED) is 0.375. The minimum absolute atomic E-state index is 0. The molecule has 7 heteroatoms. The number of hydrogen-bond acceptors (Lipinski definition) is 6. The van der Waals surface area contributed by atoms with Crippen LogP contribution in [-0.4, -0.2) is 11.9 Å². The molecule has 3 rings (SSSR count). The number of halogens is 1. The Kier molecular flexibility index (Phi) is 5.54. The van der Waals surface area contributed by atoms with Crippen molar-refractivity contribution in [2.75, 3.05) is 11.5 Å². The standard InChI is InChI=1S/C18H18N2O4.ClH/c19-12-2-6-14(7-3-12)23-16(21)18(10-1-11-18)17(22)24-15-8-4-13(20)5-9-15;/h2-9H,1,10-11,19-20H2;1H. The van der Waals surface area contributed by atoms with E-state index in [1.54, 1.807) is 48.5 Å². The molecular formula is C18H19ClN2O4. The van der Waals surface area contributed by atoms with Crippen LogP contribution in [-0.2, 0) is 9.59 Å². The van der Waals surface area contributed by atoms with Gasteiger partial charge in [-0.15, -0.1) is 12.4 Å². The average Bonchev–Trinajstić information content (AvgIpc) is 2.51. The van der Waals surface area contributed by atoms with Crippen LogP contribution in [0.2, 0.25) is 0 Å². The van der Waals surface area contributed by atoms with E-state index in [4.69, 9.17) is 20.9 Å². The number of rotatable bonds is 4. The van der Waals surface area contributed by atoms with Crippen LogP contribution in [0.25, 0.3) is 0 Å². The summed E-state index contributed by atoms with van der Waals surface area (Å²) in [5, 5.41) is 0. The summed E-state index contributed by atoms with van der Waals surface area (Å²) in [4.78, 5) is 25.0. The molecule has 6 nitrogen and oxygen atoms in total. The molecule has 1 fully saturated rings. The summed E-state index contributed by atoms with van der Waals surface area (Å²) in [6.07, 6.45) is 1.59. The zero-order valence-corrected chi connectivity index (χ0v) is 14.3. The Labute approximate surface area is 151 Å². The first-order valence-electron chi connectivity index (χ1n) is 7.65. The Hall–Kier alpha value is -2.73. The number of nitrogen functional groups attached to an aromatic ring is 2. The number of ether oxygens (including phenoxy) is 2. The van der Waals surface area contributed by atoms with E-state index < -0.39 is 17.4 Å². The lowest BCUT2D eigenvalue weighted by Crippen LogP contribution is -2.49. The third-order valence-electron chi connectivity index (χ3n) is 4.17. The van der Waals surface area contributed by atoms with Gasteiger partial charge in [-0.05, 0) is 67.8 Å². The summed E-state index contributed by atoms with van der Waals surface area (Å²) >= 11 is 0. The van der Waals surface area contributed by atoms with Gasteiger partial charge in [0.1, 0.15) is 11.5 Å². The van der Waals surface area contributed by atoms with Crippen LogP contribution < -0.4 is 20.9 Å². The number of nitrogens with two attached hydrogens (primary N) is 2. The van der Waals surface area contributed by atoms with Crippen LogP contribution in [0, 0.1) is 5.41 Å². The van der Waals surface area contributed by atoms with E-state index in [1.165, 1.54) is 0 Å². The Morgan fingerprint density at radius 1 is 0.760 bits per heavy atom. The van der Waals surface area contributed by atoms with Gasteiger partial charge < -0.3 is 20.9 Å². The summed E-state index contributed by atoms with van der Waals surface area (Å²) in [5.74, 6) is -0.501. The van der Waals surface area contributed by atoms with Crippen LogP contribution in [0.5, 0.6) is 11.5 Å². The van der Waals surface area contributed by atoms with E-state index >= 15 is 0 Å². The van der Waals surface area contributed by atoms with E-state index in [0.717, 1.165) is 6.42 Å². The predicted octanol–water partition coefficient (Wildman–Crippen LogP) is 2.95. The largest absolute Gasteiger partial charge is 0.426 e. The molecule has 0 radical (unpaired) electrons. The second-order valence-corrected chi connectivity index (χ2v) is 5.85. The normalized spacial score (nSPS) is 14.6. The molecule has 4 N–H and O–H groups in total. The SMILES string of the molecule is Cl.Nc1ccc(OC(=O)C2(C(=O)Oc3ccc(N)cc3)CCC2)cc1. The van der Waals surface area contributed by atoms with Crippen LogP contribution >= 0.6 is 12.4 Å². The summed E-state index contributed by atoms with van der Waals surface area (Å²) < 4.78 is 10.7. The van der Waals surface area contributed by atoms with Gasteiger partial charge in [-0.2, -0.15) is 0 Å². The third-order valence-corrected chi connectivity index (χ3v) is 4.17. The summed E-state index contributed by atoms with van der Waals surface area (Å²) in [6.45, 7) is 0. The summed E-state index contributed by atoms with van der Waals surface area (Å²) in [6, 6.07) is 12.9. The minimum atomic E-state index is -1.25. The Balaban J connectivity index is 0.00000225. The molecule has 0 heterocycles. The molecule has 132 valence electrons. The second-order valence-electron chi connectivity index (χ2n) is 5.85. The number of benzene rings is 2. The van der Waals surface area contributed by atoms with Gasteiger partial charge in [0, 0.05) is 11.4 Å². The molecule has 2 aromatic rings. The molecule has 1 saturated carbocycles. The highest BCUT2D eigenvalue weighted by atomic mass is 35.5. The molecule has 0 amide bonds. The summed E-state index contributed by atoms with van der Waals surface area (Å²) in [7, 11) is 0. The Morgan fingerprint density at radius 2 is 1.12 bits per heavy atom. The van der Waals surface area contributed by atoms with Gasteiger partial charge in [-0.3, -0.25) is 9.59 Å². The lowest BCUT2D eigenvalue weighted by atomic mass is 9.69. The topological polar surface area (TPSA) is 105 Å². The van der Waals surface area contributed by atoms with Gasteiger partial charge in [-0.25, -0.2) is 0 Å². The molecule has 2 aromatic carbocycles. The van der Waals surface area contributed by atoms with Gasteiger partial charge in [0.05, 0.1) is 0 Å². The van der Waals surface area contributed by atoms with E-state index in [0.29, 0.717) is 35.7 Å². The highest BCUT2D eigenvalue weighted by Crippen LogP contribution is 2.43. The maximum absolute atomic E-state index is 12.5. The Morgan fingerprint density at radius 3 is 1.40 bits per heavy atom. The van der Waals surface area contributed by atoms with Crippen molar-refractivity contribution in [3.8, 4) is 11.5 Å². The van der Waals surface area contributed by atoms with Crippen molar-refractivity contribution in [1.82, 2.24) is 0 Å². The number of hydrogen-bond donors (Lipinski definition) is 2. The highest BCUT2D eigenvalue weighted by Gasteiger charge is 2.54. The number of carbonyl (C=O) groups excluding carboxylic acids is 2. The maximum atomic E-state index is 12.5. The van der Waals surface area contributed by atoms with Gasteiger partial charge in [0.25, 0.3) is 0 Å². The molecule has 1 aliphatic carbocycles. The van der Waals surface area contributed by atoms with Crippen LogP contribution in [0.4, 0.5) is 11.4 Å². The molecule has 0 bridgehead atoms. The molecule has 0 spiro atoms. The van der Waals surface area contributed by atoms with Crippen molar-refractivity contribution in [2.24, 2.45) is 5.41 Å². The number of esters is 2. The lowest BCUT2D eigenvalue weighted by Gasteiger charge is -2.36. The average molecular weight is 363 g/mol. The second kappa shape index (κ2) is 7.44. The molecule has 0 atom stereocenters. The molecule has 0 aliphatic heterocycles. The van der Waals surface area contributed by atoms with Gasteiger partial charge >= 0.3 is 11.9 Å². The van der Waals surface area contributed by atoms with Crippen molar-refractivity contribution >= 4 is 35.7 Å². The van der Waals surface area contributed by atoms with E-state index in [1.807, 2.05) is 0 Å². The van der Waals surface area contributed by atoms with Crippen molar-refractivity contribution in [3.63, 3.8) is 0 Å².